The lowest BCUT2D eigenvalue weighted by Gasteiger charge is -2.50. The summed E-state index contributed by atoms with van der Waals surface area (Å²) >= 11 is 0. The number of ether oxygens (including phenoxy) is 1. The first-order valence-electron chi connectivity index (χ1n) is 13.2. The number of aromatic hydroxyl groups is 1. The van der Waals surface area contributed by atoms with Gasteiger partial charge in [0.25, 0.3) is 0 Å². The normalized spacial score (nSPS) is 25.3. The number of nitrogens with zero attached hydrogens (tertiary/aromatic N) is 6. The van der Waals surface area contributed by atoms with Crippen molar-refractivity contribution in [3.63, 3.8) is 0 Å². The number of para-hydroxylation sites is 2. The minimum absolute atomic E-state index is 0.0846. The molecule has 0 spiro atoms. The molecule has 4 aliphatic heterocycles. The van der Waals surface area contributed by atoms with Gasteiger partial charge >= 0.3 is 0 Å². The molecule has 37 heavy (non-hydrogen) atoms. The minimum atomic E-state index is 0.0846. The number of rotatable bonds is 6. The molecule has 1 aromatic heterocycles. The number of amides is 1. The summed E-state index contributed by atoms with van der Waals surface area (Å²) < 4.78 is 7.44. The van der Waals surface area contributed by atoms with E-state index in [0.29, 0.717) is 17.9 Å². The molecule has 4 atom stereocenters. The van der Waals surface area contributed by atoms with Crippen LogP contribution in [-0.2, 0) is 11.3 Å². The minimum Gasteiger partial charge on any atom is -0.508 e. The summed E-state index contributed by atoms with van der Waals surface area (Å²) in [5.41, 5.74) is 2.71. The van der Waals surface area contributed by atoms with Crippen LogP contribution >= 0.6 is 0 Å². The van der Waals surface area contributed by atoms with Gasteiger partial charge in [0, 0.05) is 44.3 Å². The number of carbonyl (C=O) groups is 1. The van der Waals surface area contributed by atoms with Crippen molar-refractivity contribution in [2.45, 2.75) is 25.4 Å². The molecule has 1 unspecified atom stereocenters. The van der Waals surface area contributed by atoms with Gasteiger partial charge in [-0.15, -0.1) is 5.10 Å². The predicted octanol–water partition coefficient (Wildman–Crippen LogP) is 2.72. The third-order valence-corrected chi connectivity index (χ3v) is 8.29. The van der Waals surface area contributed by atoms with Crippen molar-refractivity contribution in [2.75, 3.05) is 51.3 Å². The van der Waals surface area contributed by atoms with Gasteiger partial charge in [0.05, 0.1) is 31.5 Å². The van der Waals surface area contributed by atoms with Crippen LogP contribution in [0, 0.1) is 11.8 Å². The Labute approximate surface area is 217 Å². The van der Waals surface area contributed by atoms with Crippen LogP contribution in [0.3, 0.4) is 0 Å². The molecule has 7 rings (SSSR count). The first kappa shape index (κ1) is 23.8. The molecule has 4 aliphatic rings. The Morgan fingerprint density at radius 3 is 2.68 bits per heavy atom. The maximum atomic E-state index is 13.6. The van der Waals surface area contributed by atoms with Gasteiger partial charge in [-0.3, -0.25) is 14.4 Å². The third-order valence-electron chi connectivity index (χ3n) is 8.29. The molecule has 9 nitrogen and oxygen atoms in total. The van der Waals surface area contributed by atoms with Crippen LogP contribution in [0.4, 0.5) is 5.69 Å². The molecule has 2 bridgehead atoms. The molecule has 9 heteroatoms. The van der Waals surface area contributed by atoms with Crippen LogP contribution in [0.5, 0.6) is 11.5 Å². The first-order chi connectivity index (χ1) is 18.1. The molecule has 1 N–H and O–H groups in total. The molecule has 2 aromatic carbocycles. The summed E-state index contributed by atoms with van der Waals surface area (Å²) in [4.78, 5) is 20.4. The van der Waals surface area contributed by atoms with E-state index >= 15 is 0 Å². The number of aromatic nitrogens is 3. The molecule has 194 valence electrons. The standard InChI is InChI=1S/C28H34N6O3/c1-37-27-8-3-2-7-26(27)31-11-13-32(14-12-31)28(36)24-18-33-10-9-20(24)15-22(33)17-34-19-25(29-30-34)21-5-4-6-23(35)16-21/h2-8,16,19-20,22,24,35H,9-15,17-18H2,1H3/t20-,22+,24+/m0/s1. The molecule has 1 amide bonds. The second-order valence-electron chi connectivity index (χ2n) is 10.4. The number of piperazine rings is 1. The number of phenols is 1. The van der Waals surface area contributed by atoms with E-state index in [9.17, 15) is 9.90 Å². The van der Waals surface area contributed by atoms with Crippen molar-refractivity contribution in [3.05, 3.63) is 54.7 Å². The number of benzene rings is 2. The van der Waals surface area contributed by atoms with Crippen molar-refractivity contribution in [3.8, 4) is 22.8 Å². The highest BCUT2D eigenvalue weighted by Crippen LogP contribution is 2.38. The number of phenolic OH excluding ortho intramolecular Hbond substituents is 1. The van der Waals surface area contributed by atoms with Gasteiger partial charge < -0.3 is 19.6 Å². The maximum absolute atomic E-state index is 13.6. The Morgan fingerprint density at radius 2 is 1.92 bits per heavy atom. The van der Waals surface area contributed by atoms with E-state index in [0.717, 1.165) is 81.3 Å². The van der Waals surface area contributed by atoms with Crippen LogP contribution < -0.4 is 9.64 Å². The van der Waals surface area contributed by atoms with Gasteiger partial charge in [-0.25, -0.2) is 0 Å². The van der Waals surface area contributed by atoms with Gasteiger partial charge in [-0.05, 0) is 49.6 Å². The highest BCUT2D eigenvalue weighted by atomic mass is 16.5. The number of fused-ring (bicyclic) bond motifs is 3. The zero-order valence-electron chi connectivity index (χ0n) is 21.2. The average Bonchev–Trinajstić information content (AvgIpc) is 3.41. The Bertz CT molecular complexity index is 1250. The number of methoxy groups -OCH3 is 1. The summed E-state index contributed by atoms with van der Waals surface area (Å²) in [7, 11) is 1.70. The van der Waals surface area contributed by atoms with Crippen LogP contribution in [-0.4, -0.2) is 88.2 Å². The lowest BCUT2D eigenvalue weighted by molar-refractivity contribution is -0.144. The summed E-state index contributed by atoms with van der Waals surface area (Å²) in [5, 5.41) is 18.4. The molecule has 5 heterocycles. The zero-order valence-corrected chi connectivity index (χ0v) is 21.2. The van der Waals surface area contributed by atoms with Crippen LogP contribution in [0.15, 0.2) is 54.7 Å². The fraction of sp³-hybridized carbons (Fsp3) is 0.464. The van der Waals surface area contributed by atoms with E-state index in [-0.39, 0.29) is 11.7 Å². The van der Waals surface area contributed by atoms with Crippen molar-refractivity contribution in [1.29, 1.82) is 0 Å². The van der Waals surface area contributed by atoms with Gasteiger partial charge in [-0.1, -0.05) is 29.5 Å². The highest BCUT2D eigenvalue weighted by Gasteiger charge is 2.44. The molecular formula is C28H34N6O3. The predicted molar refractivity (Wildman–Crippen MR) is 140 cm³/mol. The number of piperidine rings is 3. The maximum Gasteiger partial charge on any atom is 0.227 e. The van der Waals surface area contributed by atoms with E-state index in [1.165, 1.54) is 0 Å². The van der Waals surface area contributed by atoms with E-state index < -0.39 is 0 Å². The smallest absolute Gasteiger partial charge is 0.227 e. The van der Waals surface area contributed by atoms with Gasteiger partial charge in [-0.2, -0.15) is 0 Å². The topological polar surface area (TPSA) is 87.0 Å². The number of hydrogen-bond acceptors (Lipinski definition) is 7. The molecule has 0 radical (unpaired) electrons. The number of carbonyl (C=O) groups excluding carboxylic acids is 1. The quantitative estimate of drug-likeness (QED) is 0.555. The summed E-state index contributed by atoms with van der Waals surface area (Å²) in [5.74, 6) is 1.93. The molecule has 4 fully saturated rings. The van der Waals surface area contributed by atoms with Crippen molar-refractivity contribution >= 4 is 11.6 Å². The van der Waals surface area contributed by atoms with Crippen LogP contribution in [0.25, 0.3) is 11.3 Å². The molecule has 0 saturated carbocycles. The Balaban J connectivity index is 1.05. The van der Waals surface area contributed by atoms with E-state index in [1.807, 2.05) is 41.2 Å². The molecule has 4 saturated heterocycles. The molecule has 0 aliphatic carbocycles. The largest absolute Gasteiger partial charge is 0.508 e. The lowest BCUT2D eigenvalue weighted by Crippen LogP contribution is -2.60. The van der Waals surface area contributed by atoms with Gasteiger partial charge in [0.1, 0.15) is 17.2 Å². The SMILES string of the molecule is COc1ccccc1N1CCN(C(=O)[C@@H]2CN3CC[C@H]2C[C@@H]3Cn2cc(-c3cccc(O)c3)nn2)CC1. The Kier molecular flexibility index (Phi) is 6.46. The number of anilines is 1. The van der Waals surface area contributed by atoms with E-state index in [4.69, 9.17) is 4.74 Å². The fourth-order valence-corrected chi connectivity index (χ4v) is 6.30. The Hall–Kier alpha value is -3.59. The zero-order chi connectivity index (χ0) is 25.4. The fourth-order valence-electron chi connectivity index (χ4n) is 6.30. The molecule has 3 aromatic rings. The summed E-state index contributed by atoms with van der Waals surface area (Å²) in [6, 6.07) is 15.5. The van der Waals surface area contributed by atoms with Crippen LogP contribution in [0.1, 0.15) is 12.8 Å². The monoisotopic (exact) mass is 502 g/mol. The van der Waals surface area contributed by atoms with Crippen LogP contribution in [0.2, 0.25) is 0 Å². The van der Waals surface area contributed by atoms with E-state index in [1.54, 1.807) is 19.2 Å². The highest BCUT2D eigenvalue weighted by molar-refractivity contribution is 5.80. The van der Waals surface area contributed by atoms with Gasteiger partial charge in [0.2, 0.25) is 5.91 Å². The first-order valence-corrected chi connectivity index (χ1v) is 13.2. The average molecular weight is 503 g/mol. The van der Waals surface area contributed by atoms with Crippen molar-refractivity contribution < 1.29 is 14.6 Å². The Morgan fingerprint density at radius 1 is 1.08 bits per heavy atom. The summed E-state index contributed by atoms with van der Waals surface area (Å²) in [6.07, 6.45) is 4.04. The summed E-state index contributed by atoms with van der Waals surface area (Å²) in [6.45, 7) is 5.78. The number of hydrogen-bond donors (Lipinski definition) is 1. The molecular weight excluding hydrogens is 468 g/mol. The second-order valence-corrected chi connectivity index (χ2v) is 10.4. The van der Waals surface area contributed by atoms with Gasteiger partial charge in [0.15, 0.2) is 0 Å². The van der Waals surface area contributed by atoms with Crippen molar-refractivity contribution in [2.24, 2.45) is 11.8 Å². The lowest BCUT2D eigenvalue weighted by atomic mass is 9.75. The second kappa shape index (κ2) is 10.0. The van der Waals surface area contributed by atoms with Crippen molar-refractivity contribution in [1.82, 2.24) is 24.8 Å². The van der Waals surface area contributed by atoms with E-state index in [2.05, 4.69) is 31.1 Å². The third kappa shape index (κ3) is 4.75.